The largest absolute Gasteiger partial charge is 0.355 e. The van der Waals surface area contributed by atoms with Crippen molar-refractivity contribution in [2.75, 3.05) is 20.1 Å². The first-order chi connectivity index (χ1) is 11.0. The van der Waals surface area contributed by atoms with Gasteiger partial charge in [-0.2, -0.15) is 0 Å². The minimum absolute atomic E-state index is 0.0253. The van der Waals surface area contributed by atoms with E-state index in [4.69, 9.17) is 0 Å². The first kappa shape index (κ1) is 15.2. The smallest absolute Gasteiger partial charge is 0.251 e. The number of hydrogen-bond acceptors (Lipinski definition) is 2. The maximum atomic E-state index is 12.0. The zero-order valence-corrected chi connectivity index (χ0v) is 14.6. The van der Waals surface area contributed by atoms with Gasteiger partial charge in [0.25, 0.3) is 5.91 Å². The first-order valence-corrected chi connectivity index (χ1v) is 9.12. The van der Waals surface area contributed by atoms with Crippen molar-refractivity contribution in [1.82, 2.24) is 10.2 Å². The summed E-state index contributed by atoms with van der Waals surface area (Å²) in [5.74, 6) is 1.64. The quantitative estimate of drug-likeness (QED) is 0.930. The summed E-state index contributed by atoms with van der Waals surface area (Å²) in [6.45, 7) is 7.37. The first-order valence-electron chi connectivity index (χ1n) is 9.12. The van der Waals surface area contributed by atoms with Crippen molar-refractivity contribution in [3.8, 4) is 0 Å². The molecular formula is C20H28N2O. The van der Waals surface area contributed by atoms with Crippen LogP contribution < -0.4 is 5.32 Å². The molecular weight excluding hydrogens is 284 g/mol. The maximum Gasteiger partial charge on any atom is 0.251 e. The fraction of sp³-hybridized carbons (Fsp3) is 0.650. The highest BCUT2D eigenvalue weighted by Gasteiger charge is 2.49. The monoisotopic (exact) mass is 312 g/mol. The van der Waals surface area contributed by atoms with Crippen LogP contribution in [0.5, 0.6) is 0 Å². The van der Waals surface area contributed by atoms with Crippen LogP contribution in [0.2, 0.25) is 0 Å². The lowest BCUT2D eigenvalue weighted by Gasteiger charge is -2.55. The zero-order chi connectivity index (χ0) is 16.2. The molecule has 2 bridgehead atoms. The van der Waals surface area contributed by atoms with Crippen LogP contribution in [0.15, 0.2) is 18.2 Å². The number of nitrogens with one attached hydrogen (secondary N) is 1. The molecule has 4 rings (SSSR count). The van der Waals surface area contributed by atoms with Crippen molar-refractivity contribution in [1.29, 1.82) is 0 Å². The Bertz CT molecular complexity index is 637. The highest BCUT2D eigenvalue weighted by Crippen LogP contribution is 2.49. The van der Waals surface area contributed by atoms with Crippen molar-refractivity contribution < 1.29 is 4.79 Å². The number of amides is 1. The lowest BCUT2D eigenvalue weighted by Crippen LogP contribution is -2.58. The molecule has 0 spiro atoms. The Kier molecular flexibility index (Phi) is 3.53. The average Bonchev–Trinajstić information content (AvgIpc) is 3.36. The molecule has 2 aliphatic carbocycles. The zero-order valence-electron chi connectivity index (χ0n) is 14.6. The predicted octanol–water partition coefficient (Wildman–Crippen LogP) is 2.98. The van der Waals surface area contributed by atoms with Crippen LogP contribution in [-0.4, -0.2) is 37.0 Å². The molecule has 1 aromatic rings. The molecule has 3 aliphatic rings. The summed E-state index contributed by atoms with van der Waals surface area (Å²) < 4.78 is 0. The minimum Gasteiger partial charge on any atom is -0.355 e. The van der Waals surface area contributed by atoms with E-state index < -0.39 is 0 Å². The van der Waals surface area contributed by atoms with Gasteiger partial charge in [-0.15, -0.1) is 0 Å². The number of carbonyl (C=O) groups is 1. The van der Waals surface area contributed by atoms with Gasteiger partial charge in [-0.3, -0.25) is 9.69 Å². The van der Waals surface area contributed by atoms with Crippen LogP contribution in [-0.2, 0) is 11.8 Å². The maximum absolute atomic E-state index is 12.0. The van der Waals surface area contributed by atoms with E-state index in [-0.39, 0.29) is 11.3 Å². The molecule has 3 heteroatoms. The third kappa shape index (κ3) is 2.40. The Balaban J connectivity index is 1.70. The van der Waals surface area contributed by atoms with Gasteiger partial charge in [0.15, 0.2) is 0 Å². The summed E-state index contributed by atoms with van der Waals surface area (Å²) in [7, 11) is 1.71. The predicted molar refractivity (Wildman–Crippen MR) is 92.8 cm³/mol. The van der Waals surface area contributed by atoms with E-state index in [1.807, 2.05) is 6.07 Å². The van der Waals surface area contributed by atoms with Crippen molar-refractivity contribution in [3.63, 3.8) is 0 Å². The molecule has 3 atom stereocenters. The Labute approximate surface area is 139 Å². The summed E-state index contributed by atoms with van der Waals surface area (Å²) >= 11 is 0. The van der Waals surface area contributed by atoms with Gasteiger partial charge in [-0.25, -0.2) is 0 Å². The molecule has 1 heterocycles. The van der Waals surface area contributed by atoms with Gasteiger partial charge in [-0.1, -0.05) is 19.9 Å². The molecule has 1 amide bonds. The second-order valence-electron chi connectivity index (χ2n) is 8.12. The van der Waals surface area contributed by atoms with E-state index in [2.05, 4.69) is 36.2 Å². The van der Waals surface area contributed by atoms with Crippen molar-refractivity contribution >= 4 is 5.91 Å². The van der Waals surface area contributed by atoms with Gasteiger partial charge in [0.2, 0.25) is 0 Å². The summed E-state index contributed by atoms with van der Waals surface area (Å²) in [6, 6.07) is 7.04. The Hall–Kier alpha value is -1.35. The Morgan fingerprint density at radius 1 is 1.39 bits per heavy atom. The van der Waals surface area contributed by atoms with E-state index in [1.165, 1.54) is 43.5 Å². The summed E-state index contributed by atoms with van der Waals surface area (Å²) in [5.41, 5.74) is 3.90. The number of nitrogens with zero attached hydrogens (tertiary/aromatic N) is 1. The summed E-state index contributed by atoms with van der Waals surface area (Å²) in [5, 5.41) is 2.76. The van der Waals surface area contributed by atoms with E-state index in [9.17, 15) is 4.79 Å². The number of benzene rings is 1. The molecule has 1 unspecified atom stereocenters. The fourth-order valence-corrected chi connectivity index (χ4v) is 4.85. The molecule has 2 fully saturated rings. The molecule has 1 aliphatic heterocycles. The van der Waals surface area contributed by atoms with Gasteiger partial charge in [0, 0.05) is 25.2 Å². The fourth-order valence-electron chi connectivity index (χ4n) is 4.85. The number of hydrogen-bond donors (Lipinski definition) is 1. The normalized spacial score (nSPS) is 33.2. The molecule has 0 radical (unpaired) electrons. The molecule has 1 saturated carbocycles. The van der Waals surface area contributed by atoms with Crippen molar-refractivity contribution in [2.24, 2.45) is 11.8 Å². The number of fused-ring (bicyclic) bond motifs is 4. The number of likely N-dealkylation sites (tertiary alicyclic amines) is 1. The van der Waals surface area contributed by atoms with Crippen LogP contribution in [0, 0.1) is 11.8 Å². The molecule has 0 aromatic heterocycles. The average molecular weight is 312 g/mol. The lowest BCUT2D eigenvalue weighted by atomic mass is 9.59. The second kappa shape index (κ2) is 5.34. The molecule has 1 N–H and O–H groups in total. The standard InChI is InChI=1S/C20H28N2O/c1-13-18-11-15-6-7-16(19(23)21-3)10-17(15)20(13,2)8-9-22(18)12-14-4-5-14/h6-7,10,13-14,18H,4-5,8-9,11-12H2,1-3H3,(H,21,23)/t13-,18?,20-/m0/s1. The van der Waals surface area contributed by atoms with Crippen molar-refractivity contribution in [2.45, 2.75) is 51.0 Å². The third-order valence-corrected chi connectivity index (χ3v) is 6.80. The van der Waals surface area contributed by atoms with E-state index >= 15 is 0 Å². The molecule has 23 heavy (non-hydrogen) atoms. The second-order valence-corrected chi connectivity index (χ2v) is 8.12. The Morgan fingerprint density at radius 2 is 2.17 bits per heavy atom. The molecule has 3 nitrogen and oxygen atoms in total. The van der Waals surface area contributed by atoms with Crippen LogP contribution >= 0.6 is 0 Å². The van der Waals surface area contributed by atoms with E-state index in [0.29, 0.717) is 12.0 Å². The highest BCUT2D eigenvalue weighted by atomic mass is 16.1. The summed E-state index contributed by atoms with van der Waals surface area (Å²) in [6.07, 6.45) is 5.22. The van der Waals surface area contributed by atoms with E-state index in [0.717, 1.165) is 17.9 Å². The van der Waals surface area contributed by atoms with Gasteiger partial charge in [0.1, 0.15) is 0 Å². The van der Waals surface area contributed by atoms with Crippen LogP contribution in [0.3, 0.4) is 0 Å². The van der Waals surface area contributed by atoms with Gasteiger partial charge in [0.05, 0.1) is 0 Å². The summed E-state index contributed by atoms with van der Waals surface area (Å²) in [4.78, 5) is 14.8. The Morgan fingerprint density at radius 3 is 2.87 bits per heavy atom. The topological polar surface area (TPSA) is 32.3 Å². The number of carbonyl (C=O) groups excluding carboxylic acids is 1. The van der Waals surface area contributed by atoms with E-state index in [1.54, 1.807) is 7.05 Å². The van der Waals surface area contributed by atoms with Crippen LogP contribution in [0.4, 0.5) is 0 Å². The van der Waals surface area contributed by atoms with Crippen LogP contribution in [0.25, 0.3) is 0 Å². The number of piperidine rings is 1. The lowest BCUT2D eigenvalue weighted by molar-refractivity contribution is 0.0284. The molecule has 124 valence electrons. The van der Waals surface area contributed by atoms with Gasteiger partial charge < -0.3 is 5.32 Å². The molecule has 1 aromatic carbocycles. The third-order valence-electron chi connectivity index (χ3n) is 6.80. The number of rotatable bonds is 3. The van der Waals surface area contributed by atoms with Crippen LogP contribution in [0.1, 0.15) is 54.6 Å². The SMILES string of the molecule is CNC(=O)c1ccc2c(c1)[C@@]1(C)CCN(CC3CC3)C(C2)[C@@H]1C. The van der Waals surface area contributed by atoms with Gasteiger partial charge in [-0.05, 0) is 72.7 Å². The highest BCUT2D eigenvalue weighted by molar-refractivity contribution is 5.94. The van der Waals surface area contributed by atoms with Crippen molar-refractivity contribution in [3.05, 3.63) is 34.9 Å². The molecule has 1 saturated heterocycles. The minimum atomic E-state index is 0.0253. The van der Waals surface area contributed by atoms with Gasteiger partial charge >= 0.3 is 0 Å².